The molecule has 6 rings (SSSR count). The topological polar surface area (TPSA) is 282 Å². The number of azo groups is 2. The molecule has 0 radical (unpaired) electrons. The van der Waals surface area contributed by atoms with E-state index in [0.29, 0.717) is 16.9 Å². The first-order chi connectivity index (χ1) is 23.6. The SMILES string of the molecule is O=C(O)c1ccc(-c2nc3ccc4c(O)c(/N=N/c5ccc(/N=N/c6ccc(S(=O)(=O)O)cc6)cc5C(=O)O)c(S(=O)(=O)O)cc4c3[nH]2)cc1. The summed E-state index contributed by atoms with van der Waals surface area (Å²) in [6.07, 6.45) is 0. The van der Waals surface area contributed by atoms with Crippen molar-refractivity contribution in [3.05, 3.63) is 96.1 Å². The molecular formula is C31H20N6O11S2. The van der Waals surface area contributed by atoms with E-state index in [0.717, 1.165) is 24.3 Å². The van der Waals surface area contributed by atoms with Crippen LogP contribution in [0.1, 0.15) is 20.7 Å². The Morgan fingerprint density at radius 3 is 1.96 bits per heavy atom. The number of carbonyl (C=O) groups is 2. The van der Waals surface area contributed by atoms with E-state index in [1.165, 1.54) is 60.7 Å². The molecule has 0 fully saturated rings. The van der Waals surface area contributed by atoms with E-state index in [2.05, 4.69) is 30.4 Å². The highest BCUT2D eigenvalue weighted by atomic mass is 32.2. The van der Waals surface area contributed by atoms with Crippen molar-refractivity contribution in [3.8, 4) is 17.1 Å². The van der Waals surface area contributed by atoms with E-state index < -0.39 is 54.1 Å². The number of benzene rings is 5. The van der Waals surface area contributed by atoms with Crippen LogP contribution in [-0.4, -0.2) is 63.2 Å². The molecule has 6 aromatic rings. The number of fused-ring (bicyclic) bond motifs is 3. The number of aromatic amines is 1. The molecular weight excluding hydrogens is 697 g/mol. The maximum atomic E-state index is 12.5. The lowest BCUT2D eigenvalue weighted by atomic mass is 10.1. The molecule has 0 saturated heterocycles. The lowest BCUT2D eigenvalue weighted by Crippen LogP contribution is -1.99. The second kappa shape index (κ2) is 12.6. The number of carboxylic acids is 2. The fourth-order valence-corrected chi connectivity index (χ4v) is 5.98. The number of aromatic carboxylic acids is 2. The minimum Gasteiger partial charge on any atom is -0.505 e. The van der Waals surface area contributed by atoms with Gasteiger partial charge in [0.2, 0.25) is 0 Å². The quantitative estimate of drug-likeness (QED) is 0.0664. The molecule has 5 aromatic carbocycles. The number of rotatable bonds is 9. The molecule has 6 N–H and O–H groups in total. The van der Waals surface area contributed by atoms with Gasteiger partial charge in [0.25, 0.3) is 20.2 Å². The number of nitrogens with zero attached hydrogens (tertiary/aromatic N) is 5. The van der Waals surface area contributed by atoms with Gasteiger partial charge >= 0.3 is 11.9 Å². The third-order valence-electron chi connectivity index (χ3n) is 7.25. The van der Waals surface area contributed by atoms with Crippen molar-refractivity contribution in [2.75, 3.05) is 0 Å². The van der Waals surface area contributed by atoms with E-state index in [9.17, 15) is 41.2 Å². The molecule has 0 atom stereocenters. The van der Waals surface area contributed by atoms with E-state index in [4.69, 9.17) is 9.66 Å². The van der Waals surface area contributed by atoms with Crippen LogP contribution in [0.3, 0.4) is 0 Å². The summed E-state index contributed by atoms with van der Waals surface area (Å²) in [6, 6.07) is 18.1. The lowest BCUT2D eigenvalue weighted by molar-refractivity contribution is 0.0686. The van der Waals surface area contributed by atoms with Gasteiger partial charge in [-0.2, -0.15) is 27.1 Å². The van der Waals surface area contributed by atoms with E-state index >= 15 is 0 Å². The number of phenols is 1. The van der Waals surface area contributed by atoms with Gasteiger partial charge in [-0.3, -0.25) is 9.11 Å². The third-order valence-corrected chi connectivity index (χ3v) is 8.99. The van der Waals surface area contributed by atoms with Gasteiger partial charge in [-0.1, -0.05) is 12.1 Å². The van der Waals surface area contributed by atoms with Crippen molar-refractivity contribution in [1.29, 1.82) is 0 Å². The fourth-order valence-electron chi connectivity index (χ4n) is 4.85. The predicted octanol–water partition coefficient (Wildman–Crippen LogP) is 6.81. The zero-order chi connectivity index (χ0) is 36.0. The van der Waals surface area contributed by atoms with Crippen LogP contribution in [0.4, 0.5) is 22.7 Å². The van der Waals surface area contributed by atoms with E-state index in [-0.39, 0.29) is 43.8 Å². The largest absolute Gasteiger partial charge is 0.505 e. The molecule has 17 nitrogen and oxygen atoms in total. The van der Waals surface area contributed by atoms with Crippen LogP contribution in [-0.2, 0) is 20.2 Å². The summed E-state index contributed by atoms with van der Waals surface area (Å²) >= 11 is 0. The molecule has 0 saturated carbocycles. The zero-order valence-electron chi connectivity index (χ0n) is 24.8. The van der Waals surface area contributed by atoms with Crippen molar-refractivity contribution in [1.82, 2.24) is 9.97 Å². The minimum atomic E-state index is -5.05. The molecule has 50 heavy (non-hydrogen) atoms. The molecule has 1 aromatic heterocycles. The Balaban J connectivity index is 1.38. The van der Waals surface area contributed by atoms with Crippen molar-refractivity contribution >= 4 is 76.7 Å². The van der Waals surface area contributed by atoms with Crippen molar-refractivity contribution in [3.63, 3.8) is 0 Å². The predicted molar refractivity (Wildman–Crippen MR) is 175 cm³/mol. The van der Waals surface area contributed by atoms with Gasteiger partial charge in [0.1, 0.15) is 22.1 Å². The normalized spacial score (nSPS) is 12.4. The van der Waals surface area contributed by atoms with Crippen LogP contribution in [0.15, 0.2) is 115 Å². The monoisotopic (exact) mass is 716 g/mol. The number of phenolic OH excluding ortho intramolecular Hbond substituents is 1. The number of aromatic hydroxyl groups is 1. The summed E-state index contributed by atoms with van der Waals surface area (Å²) in [4.78, 5) is 29.6. The Hall–Kier alpha value is -6.41. The number of hydrogen-bond acceptors (Lipinski definition) is 12. The van der Waals surface area contributed by atoms with Gasteiger partial charge in [-0.15, -0.1) is 10.2 Å². The maximum absolute atomic E-state index is 12.5. The minimum absolute atomic E-state index is 0.0353. The van der Waals surface area contributed by atoms with Gasteiger partial charge in [-0.05, 0) is 72.8 Å². The van der Waals surface area contributed by atoms with Gasteiger partial charge < -0.3 is 20.3 Å². The first-order valence-corrected chi connectivity index (χ1v) is 16.8. The Labute approximate surface area is 280 Å². The maximum Gasteiger partial charge on any atom is 0.338 e. The van der Waals surface area contributed by atoms with E-state index in [1.54, 1.807) is 0 Å². The third kappa shape index (κ3) is 6.64. The van der Waals surface area contributed by atoms with Gasteiger partial charge in [-0.25, -0.2) is 14.6 Å². The summed E-state index contributed by atoms with van der Waals surface area (Å²) in [5, 5.41) is 45.9. The smallest absolute Gasteiger partial charge is 0.338 e. The molecule has 19 heteroatoms. The highest BCUT2D eigenvalue weighted by Gasteiger charge is 2.24. The fraction of sp³-hybridized carbons (Fsp3) is 0. The summed E-state index contributed by atoms with van der Waals surface area (Å²) in [6.45, 7) is 0. The second-order valence-corrected chi connectivity index (χ2v) is 13.3. The molecule has 0 aliphatic heterocycles. The van der Waals surface area contributed by atoms with Crippen molar-refractivity contribution in [2.45, 2.75) is 9.79 Å². The highest BCUT2D eigenvalue weighted by molar-refractivity contribution is 7.86. The standard InChI is InChI=1S/C31H20N6O11S2/c38-28-20-10-12-24-26(33-29(32-24)15-1-3-16(4-2-15)30(39)40)21(20)14-25(50(46,47)48)27(28)37-36-23-11-7-18(13-22(23)31(41)42)35-34-17-5-8-19(9-6-17)49(43,44)45/h1-14,38H,(H,32,33)(H,39,40)(H,41,42)(H,43,44,45)(H,46,47,48)/b35-34+,37-36+. The van der Waals surface area contributed by atoms with Crippen LogP contribution < -0.4 is 0 Å². The average Bonchev–Trinajstić information content (AvgIpc) is 3.51. The first kappa shape index (κ1) is 33.5. The van der Waals surface area contributed by atoms with Crippen LogP contribution in [0, 0.1) is 0 Å². The van der Waals surface area contributed by atoms with E-state index in [1.807, 2.05) is 0 Å². The number of aromatic nitrogens is 2. The number of hydrogen-bond donors (Lipinski definition) is 6. The number of nitrogens with one attached hydrogen (secondary N) is 1. The molecule has 0 spiro atoms. The molecule has 1 heterocycles. The van der Waals surface area contributed by atoms with Crippen LogP contribution in [0.25, 0.3) is 33.2 Å². The molecule has 0 aliphatic rings. The number of carboxylic acid groups (broad SMARTS) is 2. The summed E-state index contributed by atoms with van der Waals surface area (Å²) in [7, 11) is -9.47. The van der Waals surface area contributed by atoms with Crippen LogP contribution in [0.2, 0.25) is 0 Å². The highest BCUT2D eigenvalue weighted by Crippen LogP contribution is 2.43. The lowest BCUT2D eigenvalue weighted by Gasteiger charge is -2.09. The number of H-pyrrole nitrogens is 1. The molecule has 0 amide bonds. The van der Waals surface area contributed by atoms with Gasteiger partial charge in [0.15, 0.2) is 5.75 Å². The number of imidazole rings is 1. The first-order valence-electron chi connectivity index (χ1n) is 13.9. The Morgan fingerprint density at radius 1 is 0.680 bits per heavy atom. The molecule has 0 bridgehead atoms. The molecule has 0 unspecified atom stereocenters. The zero-order valence-corrected chi connectivity index (χ0v) is 26.5. The summed E-state index contributed by atoms with van der Waals surface area (Å²) < 4.78 is 66.6. The Bertz CT molecular complexity index is 2650. The molecule has 252 valence electrons. The summed E-state index contributed by atoms with van der Waals surface area (Å²) in [5.74, 6) is -2.98. The van der Waals surface area contributed by atoms with Crippen LogP contribution >= 0.6 is 0 Å². The average molecular weight is 717 g/mol. The van der Waals surface area contributed by atoms with Crippen molar-refractivity contribution < 1.29 is 50.8 Å². The summed E-state index contributed by atoms with van der Waals surface area (Å²) in [5.41, 5.74) is 0.00611. The van der Waals surface area contributed by atoms with Gasteiger partial charge in [0, 0.05) is 16.3 Å². The Kier molecular flexibility index (Phi) is 8.41. The van der Waals surface area contributed by atoms with Gasteiger partial charge in [0.05, 0.1) is 38.4 Å². The molecule has 0 aliphatic carbocycles. The van der Waals surface area contributed by atoms with Crippen LogP contribution in [0.5, 0.6) is 5.75 Å². The Morgan fingerprint density at radius 2 is 1.34 bits per heavy atom. The van der Waals surface area contributed by atoms with Crippen molar-refractivity contribution in [2.24, 2.45) is 20.5 Å². The second-order valence-electron chi connectivity index (χ2n) is 10.4.